The number of carbonyl (C=O) groups is 2. The molecule has 4 rings (SSSR count). The summed E-state index contributed by atoms with van der Waals surface area (Å²) in [6.45, 7) is 13.8. The summed E-state index contributed by atoms with van der Waals surface area (Å²) in [5.74, 6) is 4.22. The lowest BCUT2D eigenvalue weighted by molar-refractivity contribution is -0.130. The van der Waals surface area contributed by atoms with Crippen LogP contribution in [-0.4, -0.2) is 23.2 Å². The van der Waals surface area contributed by atoms with Gasteiger partial charge in [0.25, 0.3) is 0 Å². The van der Waals surface area contributed by atoms with E-state index in [2.05, 4.69) is 40.7 Å². The van der Waals surface area contributed by atoms with Gasteiger partial charge in [-0.2, -0.15) is 0 Å². The van der Waals surface area contributed by atoms with E-state index in [1.54, 1.807) is 5.57 Å². The maximum absolute atomic E-state index is 12.0. The summed E-state index contributed by atoms with van der Waals surface area (Å²) in [4.78, 5) is 23.5. The Labute approximate surface area is 236 Å². The number of nitrogens with two attached hydrogens (primary N) is 2. The van der Waals surface area contributed by atoms with Crippen LogP contribution in [0.3, 0.4) is 0 Å². The molecule has 3 saturated carbocycles. The van der Waals surface area contributed by atoms with Crippen molar-refractivity contribution in [3.63, 3.8) is 0 Å². The Morgan fingerprint density at radius 3 is 2.47 bits per heavy atom. The van der Waals surface area contributed by atoms with E-state index in [0.29, 0.717) is 5.41 Å². The SMILES string of the molecule is CC(=O)OSC(C1CC[C@@]2(C)C(=CC[C@H]3[C@@H]4CC[C@H]([C@H](C)CCCC(C)C)[C@@]4(C)CC[C@@H]32)C1)[C@H](N)C(N)=O. The smallest absolute Gasteiger partial charge is 0.314 e. The minimum atomic E-state index is -0.820. The Kier molecular flexibility index (Phi) is 9.34. The maximum Gasteiger partial charge on any atom is 0.314 e. The summed E-state index contributed by atoms with van der Waals surface area (Å²) in [6.07, 6.45) is 16.5. The van der Waals surface area contributed by atoms with E-state index >= 15 is 0 Å². The van der Waals surface area contributed by atoms with Gasteiger partial charge in [0.15, 0.2) is 0 Å². The van der Waals surface area contributed by atoms with Crippen LogP contribution in [0.25, 0.3) is 0 Å². The van der Waals surface area contributed by atoms with E-state index in [1.807, 2.05) is 0 Å². The predicted octanol–water partition coefficient (Wildman–Crippen LogP) is 7.04. The molecule has 0 aromatic carbocycles. The van der Waals surface area contributed by atoms with E-state index in [4.69, 9.17) is 15.7 Å². The van der Waals surface area contributed by atoms with Gasteiger partial charge in [-0.3, -0.25) is 9.59 Å². The first-order valence-corrected chi connectivity index (χ1v) is 16.3. The predicted molar refractivity (Wildman–Crippen MR) is 157 cm³/mol. The molecular formula is C32H54N2O3S. The van der Waals surface area contributed by atoms with Gasteiger partial charge in [-0.25, -0.2) is 0 Å². The summed E-state index contributed by atoms with van der Waals surface area (Å²) in [5.41, 5.74) is 14.1. The number of rotatable bonds is 10. The molecule has 0 saturated heterocycles. The third kappa shape index (κ3) is 5.73. The van der Waals surface area contributed by atoms with Gasteiger partial charge >= 0.3 is 5.97 Å². The molecule has 2 unspecified atom stereocenters. The largest absolute Gasteiger partial charge is 0.391 e. The van der Waals surface area contributed by atoms with Crippen molar-refractivity contribution in [1.29, 1.82) is 0 Å². The summed E-state index contributed by atoms with van der Waals surface area (Å²) in [6, 6.07) is -0.820. The molecule has 0 aromatic rings. The molecular weight excluding hydrogens is 492 g/mol. The molecule has 4 N–H and O–H groups in total. The van der Waals surface area contributed by atoms with Crippen molar-refractivity contribution in [3.05, 3.63) is 11.6 Å². The first kappa shape index (κ1) is 30.0. The van der Waals surface area contributed by atoms with Crippen LogP contribution >= 0.6 is 12.0 Å². The van der Waals surface area contributed by atoms with Crippen LogP contribution in [0.1, 0.15) is 112 Å². The van der Waals surface area contributed by atoms with Crippen molar-refractivity contribution in [2.75, 3.05) is 0 Å². The molecule has 10 atom stereocenters. The van der Waals surface area contributed by atoms with E-state index in [-0.39, 0.29) is 22.6 Å². The topological polar surface area (TPSA) is 95.4 Å². The lowest BCUT2D eigenvalue weighted by atomic mass is 9.46. The second-order valence-corrected chi connectivity index (χ2v) is 15.3. The zero-order valence-electron chi connectivity index (χ0n) is 24.8. The maximum atomic E-state index is 12.0. The molecule has 0 aliphatic heterocycles. The van der Waals surface area contributed by atoms with E-state index in [0.717, 1.165) is 66.8 Å². The Morgan fingerprint density at radius 1 is 1.08 bits per heavy atom. The highest BCUT2D eigenvalue weighted by molar-refractivity contribution is 7.95. The number of fused-ring (bicyclic) bond motifs is 5. The zero-order chi connectivity index (χ0) is 27.8. The molecule has 4 aliphatic rings. The number of primary amides is 1. The summed E-state index contributed by atoms with van der Waals surface area (Å²) < 4.78 is 5.27. The van der Waals surface area contributed by atoms with Crippen LogP contribution in [0.15, 0.2) is 11.6 Å². The highest BCUT2D eigenvalue weighted by Crippen LogP contribution is 2.67. The highest BCUT2D eigenvalue weighted by Gasteiger charge is 2.59. The Balaban J connectivity index is 1.48. The van der Waals surface area contributed by atoms with E-state index in [9.17, 15) is 9.59 Å². The summed E-state index contributed by atoms with van der Waals surface area (Å²) >= 11 is 1.05. The highest BCUT2D eigenvalue weighted by atomic mass is 32.2. The third-order valence-electron chi connectivity index (χ3n) is 11.8. The molecule has 0 radical (unpaired) electrons. The zero-order valence-corrected chi connectivity index (χ0v) is 25.7. The van der Waals surface area contributed by atoms with Crippen LogP contribution in [0.2, 0.25) is 0 Å². The van der Waals surface area contributed by atoms with E-state index in [1.165, 1.54) is 58.3 Å². The fraction of sp³-hybridized carbons (Fsp3) is 0.875. The van der Waals surface area contributed by atoms with Crippen LogP contribution in [0.5, 0.6) is 0 Å². The van der Waals surface area contributed by atoms with Crippen molar-refractivity contribution in [1.82, 2.24) is 0 Å². The van der Waals surface area contributed by atoms with Crippen LogP contribution in [0.4, 0.5) is 0 Å². The third-order valence-corrected chi connectivity index (χ3v) is 13.0. The van der Waals surface area contributed by atoms with Gasteiger partial charge in [-0.15, -0.1) is 0 Å². The first-order chi connectivity index (χ1) is 17.9. The van der Waals surface area contributed by atoms with Gasteiger partial charge in [0.1, 0.15) is 0 Å². The van der Waals surface area contributed by atoms with Gasteiger partial charge < -0.3 is 15.7 Å². The number of amides is 1. The Bertz CT molecular complexity index is 905. The fourth-order valence-corrected chi connectivity index (χ4v) is 10.6. The minimum absolute atomic E-state index is 0.189. The molecule has 1 amide bonds. The van der Waals surface area contributed by atoms with Gasteiger partial charge in [-0.05, 0) is 104 Å². The molecule has 0 bridgehead atoms. The average molecular weight is 547 g/mol. The molecule has 4 aliphatic carbocycles. The second-order valence-electron chi connectivity index (χ2n) is 14.4. The monoisotopic (exact) mass is 546 g/mol. The van der Waals surface area contributed by atoms with Gasteiger partial charge in [0, 0.05) is 6.92 Å². The number of hydrogen-bond donors (Lipinski definition) is 2. The molecule has 5 nitrogen and oxygen atoms in total. The number of carbonyl (C=O) groups excluding carboxylic acids is 2. The number of allylic oxidation sites excluding steroid dienone is 2. The molecule has 3 fully saturated rings. The average Bonchev–Trinajstić information content (AvgIpc) is 3.20. The Hall–Kier alpha value is -1.01. The lowest BCUT2D eigenvalue weighted by Crippen LogP contribution is -2.52. The van der Waals surface area contributed by atoms with Crippen LogP contribution in [0, 0.1) is 52.3 Å². The van der Waals surface area contributed by atoms with Crippen molar-refractivity contribution in [2.45, 2.75) is 123 Å². The quantitative estimate of drug-likeness (QED) is 0.226. The van der Waals surface area contributed by atoms with Crippen molar-refractivity contribution < 1.29 is 13.8 Å². The van der Waals surface area contributed by atoms with Crippen molar-refractivity contribution >= 4 is 23.9 Å². The molecule has 216 valence electrons. The minimum Gasteiger partial charge on any atom is -0.391 e. The molecule has 0 heterocycles. The van der Waals surface area contributed by atoms with Crippen molar-refractivity contribution in [2.24, 2.45) is 63.7 Å². The second kappa shape index (κ2) is 11.8. The first-order valence-electron chi connectivity index (χ1n) is 15.5. The van der Waals surface area contributed by atoms with Gasteiger partial charge in [0.05, 0.1) is 23.3 Å². The summed E-state index contributed by atoms with van der Waals surface area (Å²) in [5, 5.41) is -0.304. The van der Waals surface area contributed by atoms with Crippen LogP contribution < -0.4 is 11.5 Å². The van der Waals surface area contributed by atoms with Gasteiger partial charge in [0.2, 0.25) is 5.91 Å². The van der Waals surface area contributed by atoms with Crippen molar-refractivity contribution in [3.8, 4) is 0 Å². The summed E-state index contributed by atoms with van der Waals surface area (Å²) in [7, 11) is 0. The van der Waals surface area contributed by atoms with Crippen LogP contribution in [-0.2, 0) is 13.8 Å². The normalized spacial score (nSPS) is 38.8. The Morgan fingerprint density at radius 2 is 1.82 bits per heavy atom. The van der Waals surface area contributed by atoms with E-state index < -0.39 is 11.9 Å². The molecule has 0 spiro atoms. The fourth-order valence-electron chi connectivity index (χ4n) is 9.71. The molecule has 38 heavy (non-hydrogen) atoms. The molecule has 6 heteroatoms. The number of hydrogen-bond acceptors (Lipinski definition) is 5. The molecule has 0 aromatic heterocycles. The van der Waals surface area contributed by atoms with Gasteiger partial charge in [-0.1, -0.05) is 65.5 Å². The lowest BCUT2D eigenvalue weighted by Gasteiger charge is -2.59. The standard InChI is InChI=1S/C32H54N2O3S/c1-19(2)8-7-9-20(3)25-12-13-26-24-11-10-23-18-22(29(28(33)30(34)36)38-37-21(4)35)14-16-31(23,5)27(24)15-17-32(25,26)6/h10,19-20,22,24-29H,7-9,11-18,33H2,1-6H3,(H2,34,36)/t20-,22?,24+,25-,26+,27+,28+,29?,31+,32-/m1/s1.